The highest BCUT2D eigenvalue weighted by Gasteiger charge is 2.25. The molecule has 2 aromatic carbocycles. The average Bonchev–Trinajstić information content (AvgIpc) is 3.17. The van der Waals surface area contributed by atoms with Gasteiger partial charge in [-0.15, -0.1) is 0 Å². The van der Waals surface area contributed by atoms with Gasteiger partial charge in [0.05, 0.1) is 24.0 Å². The van der Waals surface area contributed by atoms with Crippen LogP contribution in [0.4, 0.5) is 0 Å². The molecule has 1 aliphatic heterocycles. The highest BCUT2D eigenvalue weighted by atomic mass is 16.2. The molecule has 4 rings (SSSR count). The van der Waals surface area contributed by atoms with Gasteiger partial charge in [0.1, 0.15) is 0 Å². The predicted molar refractivity (Wildman–Crippen MR) is 115 cm³/mol. The molecule has 0 aliphatic carbocycles. The lowest BCUT2D eigenvalue weighted by molar-refractivity contribution is 0.0627. The van der Waals surface area contributed by atoms with Gasteiger partial charge in [-0.05, 0) is 17.5 Å². The number of nitrogens with zero attached hydrogens (tertiary/aromatic N) is 4. The van der Waals surface area contributed by atoms with Crippen molar-refractivity contribution in [3.8, 4) is 0 Å². The fourth-order valence-corrected chi connectivity index (χ4v) is 3.98. The minimum absolute atomic E-state index is 0.112. The van der Waals surface area contributed by atoms with Crippen molar-refractivity contribution in [3.05, 3.63) is 89.2 Å². The Morgan fingerprint density at radius 2 is 1.45 bits per heavy atom. The van der Waals surface area contributed by atoms with Crippen LogP contribution < -0.4 is 0 Å². The lowest BCUT2D eigenvalue weighted by atomic mass is 10.1. The quantitative estimate of drug-likeness (QED) is 0.649. The zero-order valence-electron chi connectivity index (χ0n) is 17.0. The maximum atomic E-state index is 13.2. The van der Waals surface area contributed by atoms with Gasteiger partial charge in [0.2, 0.25) is 0 Å². The predicted octanol–water partition coefficient (Wildman–Crippen LogP) is 3.45. The Bertz CT molecular complexity index is 928. The van der Waals surface area contributed by atoms with Crippen molar-refractivity contribution in [1.82, 2.24) is 19.6 Å². The minimum atomic E-state index is 0.112. The Kier molecular flexibility index (Phi) is 6.06. The zero-order chi connectivity index (χ0) is 20.1. The van der Waals surface area contributed by atoms with Crippen molar-refractivity contribution in [2.24, 2.45) is 0 Å². The van der Waals surface area contributed by atoms with Gasteiger partial charge in [-0.3, -0.25) is 14.4 Å². The molecular formula is C24H28N4O. The Morgan fingerprint density at radius 3 is 2.03 bits per heavy atom. The number of rotatable bonds is 6. The van der Waals surface area contributed by atoms with Crippen LogP contribution in [0.15, 0.2) is 66.9 Å². The number of hydrogen-bond acceptors (Lipinski definition) is 3. The SMILES string of the molecule is CCc1c(C(=O)N2CCN(Cc3ccccc3)CC2)cnn1Cc1ccccc1. The van der Waals surface area contributed by atoms with Crippen molar-refractivity contribution >= 4 is 5.91 Å². The largest absolute Gasteiger partial charge is 0.336 e. The fraction of sp³-hybridized carbons (Fsp3) is 0.333. The molecule has 0 unspecified atom stereocenters. The van der Waals surface area contributed by atoms with Crippen LogP contribution in [0.3, 0.4) is 0 Å². The summed E-state index contributed by atoms with van der Waals surface area (Å²) in [6, 6.07) is 20.8. The molecule has 29 heavy (non-hydrogen) atoms. The molecular weight excluding hydrogens is 360 g/mol. The fourth-order valence-electron chi connectivity index (χ4n) is 3.98. The van der Waals surface area contributed by atoms with Gasteiger partial charge in [0.25, 0.3) is 5.91 Å². The van der Waals surface area contributed by atoms with E-state index in [0.717, 1.165) is 50.4 Å². The molecule has 150 valence electrons. The minimum Gasteiger partial charge on any atom is -0.336 e. The van der Waals surface area contributed by atoms with Gasteiger partial charge < -0.3 is 4.90 Å². The number of carbonyl (C=O) groups is 1. The molecule has 0 N–H and O–H groups in total. The molecule has 0 bridgehead atoms. The van der Waals surface area contributed by atoms with Gasteiger partial charge in [-0.1, -0.05) is 67.6 Å². The van der Waals surface area contributed by atoms with Crippen molar-refractivity contribution in [2.45, 2.75) is 26.4 Å². The Labute approximate surface area is 172 Å². The number of amides is 1. The number of benzene rings is 2. The molecule has 1 fully saturated rings. The lowest BCUT2D eigenvalue weighted by Crippen LogP contribution is -2.48. The van der Waals surface area contributed by atoms with Crippen molar-refractivity contribution in [3.63, 3.8) is 0 Å². The van der Waals surface area contributed by atoms with E-state index < -0.39 is 0 Å². The summed E-state index contributed by atoms with van der Waals surface area (Å²) in [6.45, 7) is 7.06. The Morgan fingerprint density at radius 1 is 0.862 bits per heavy atom. The van der Waals surface area contributed by atoms with Crippen LogP contribution in [0.25, 0.3) is 0 Å². The summed E-state index contributed by atoms with van der Waals surface area (Å²) in [4.78, 5) is 17.6. The number of carbonyl (C=O) groups excluding carboxylic acids is 1. The van der Waals surface area contributed by atoms with Crippen LogP contribution in [0.2, 0.25) is 0 Å². The highest BCUT2D eigenvalue weighted by molar-refractivity contribution is 5.95. The summed E-state index contributed by atoms with van der Waals surface area (Å²) >= 11 is 0. The normalized spacial score (nSPS) is 14.9. The van der Waals surface area contributed by atoms with E-state index >= 15 is 0 Å². The molecule has 1 saturated heterocycles. The van der Waals surface area contributed by atoms with Crippen molar-refractivity contribution in [2.75, 3.05) is 26.2 Å². The summed E-state index contributed by atoms with van der Waals surface area (Å²) in [6.07, 6.45) is 2.54. The smallest absolute Gasteiger partial charge is 0.257 e. The molecule has 1 aromatic heterocycles. The van der Waals surface area contributed by atoms with Crippen LogP contribution in [0.5, 0.6) is 0 Å². The first-order valence-corrected chi connectivity index (χ1v) is 10.4. The standard InChI is InChI=1S/C24H28N4O/c1-2-23-22(17-25-28(23)19-21-11-7-4-8-12-21)24(29)27-15-13-26(14-16-27)18-20-9-5-3-6-10-20/h3-12,17H,2,13-16,18-19H2,1H3. The first-order chi connectivity index (χ1) is 14.2. The molecule has 3 aromatic rings. The van der Waals surface area contributed by atoms with Crippen molar-refractivity contribution < 1.29 is 4.79 Å². The number of hydrogen-bond donors (Lipinski definition) is 0. The molecule has 0 spiro atoms. The second-order valence-corrected chi connectivity index (χ2v) is 7.56. The molecule has 5 nitrogen and oxygen atoms in total. The van der Waals surface area contributed by atoms with Gasteiger partial charge in [0, 0.05) is 32.7 Å². The third-order valence-corrected chi connectivity index (χ3v) is 5.60. The van der Waals surface area contributed by atoms with Crippen LogP contribution in [-0.4, -0.2) is 51.7 Å². The van der Waals surface area contributed by atoms with Gasteiger partial charge in [-0.25, -0.2) is 0 Å². The summed E-state index contributed by atoms with van der Waals surface area (Å²) in [5.74, 6) is 0.112. The van der Waals surface area contributed by atoms with Gasteiger partial charge in [0.15, 0.2) is 0 Å². The highest BCUT2D eigenvalue weighted by Crippen LogP contribution is 2.17. The van der Waals surface area contributed by atoms with E-state index in [1.165, 1.54) is 11.1 Å². The van der Waals surface area contributed by atoms with Gasteiger partial charge in [-0.2, -0.15) is 5.10 Å². The molecule has 0 radical (unpaired) electrons. The van der Waals surface area contributed by atoms with Crippen LogP contribution >= 0.6 is 0 Å². The van der Waals surface area contributed by atoms with E-state index in [-0.39, 0.29) is 5.91 Å². The van der Waals surface area contributed by atoms with Crippen LogP contribution in [-0.2, 0) is 19.5 Å². The third-order valence-electron chi connectivity index (χ3n) is 5.60. The lowest BCUT2D eigenvalue weighted by Gasteiger charge is -2.34. The number of piperazine rings is 1. The first kappa shape index (κ1) is 19.4. The number of aromatic nitrogens is 2. The van der Waals surface area contributed by atoms with E-state index in [0.29, 0.717) is 6.54 Å². The molecule has 1 amide bonds. The maximum Gasteiger partial charge on any atom is 0.257 e. The average molecular weight is 389 g/mol. The zero-order valence-corrected chi connectivity index (χ0v) is 17.0. The Balaban J connectivity index is 1.40. The summed E-state index contributed by atoms with van der Waals surface area (Å²) in [7, 11) is 0. The Hall–Kier alpha value is -2.92. The molecule has 5 heteroatoms. The van der Waals surface area contributed by atoms with E-state index in [9.17, 15) is 4.79 Å². The third kappa shape index (κ3) is 4.57. The topological polar surface area (TPSA) is 41.4 Å². The van der Waals surface area contributed by atoms with Crippen LogP contribution in [0.1, 0.15) is 34.1 Å². The maximum absolute atomic E-state index is 13.2. The molecule has 0 atom stereocenters. The molecule has 1 aliphatic rings. The van der Waals surface area contributed by atoms with E-state index in [1.807, 2.05) is 33.8 Å². The first-order valence-electron chi connectivity index (χ1n) is 10.4. The second-order valence-electron chi connectivity index (χ2n) is 7.56. The summed E-state index contributed by atoms with van der Waals surface area (Å²) in [5, 5.41) is 4.53. The van der Waals surface area contributed by atoms with Crippen LogP contribution in [0, 0.1) is 0 Å². The van der Waals surface area contributed by atoms with E-state index in [1.54, 1.807) is 6.20 Å². The second kappa shape index (κ2) is 9.05. The molecule has 0 saturated carbocycles. The van der Waals surface area contributed by atoms with E-state index in [2.05, 4.69) is 53.3 Å². The van der Waals surface area contributed by atoms with E-state index in [4.69, 9.17) is 0 Å². The summed E-state index contributed by atoms with van der Waals surface area (Å²) in [5.41, 5.74) is 4.28. The summed E-state index contributed by atoms with van der Waals surface area (Å²) < 4.78 is 1.97. The molecule has 2 heterocycles. The monoisotopic (exact) mass is 388 g/mol. The van der Waals surface area contributed by atoms with Gasteiger partial charge >= 0.3 is 0 Å². The van der Waals surface area contributed by atoms with Crippen molar-refractivity contribution in [1.29, 1.82) is 0 Å².